The smallest absolute Gasteiger partial charge is 0.141 e. The van der Waals surface area contributed by atoms with E-state index in [1.54, 1.807) is 7.11 Å². The molecule has 0 fully saturated rings. The zero-order valence-corrected chi connectivity index (χ0v) is 14.9. The molecule has 2 heterocycles. The average molecular weight is 346 g/mol. The van der Waals surface area contributed by atoms with E-state index < -0.39 is 0 Å². The predicted octanol–water partition coefficient (Wildman–Crippen LogP) is 3.86. The predicted molar refractivity (Wildman–Crippen MR) is 101 cm³/mol. The number of hydrogen-bond acceptors (Lipinski definition) is 3. The van der Waals surface area contributed by atoms with Crippen molar-refractivity contribution >= 4 is 5.78 Å². The van der Waals surface area contributed by atoms with Crippen LogP contribution in [0.15, 0.2) is 54.7 Å². The van der Waals surface area contributed by atoms with Gasteiger partial charge >= 0.3 is 0 Å². The van der Waals surface area contributed by atoms with Crippen LogP contribution in [0.4, 0.5) is 0 Å². The topological polar surface area (TPSA) is 44.1 Å². The molecule has 4 nitrogen and oxygen atoms in total. The molecular weight excluding hydrogens is 324 g/mol. The summed E-state index contributed by atoms with van der Waals surface area (Å²) in [5.41, 5.74) is 5.69. The monoisotopic (exact) mass is 346 g/mol. The van der Waals surface area contributed by atoms with Crippen LogP contribution in [-0.4, -0.2) is 22.7 Å². The molecule has 132 valence electrons. The van der Waals surface area contributed by atoms with Crippen LogP contribution in [0.25, 0.3) is 11.1 Å². The molecule has 0 aliphatic carbocycles. The zero-order valence-electron chi connectivity index (χ0n) is 14.9. The van der Waals surface area contributed by atoms with Crippen molar-refractivity contribution in [3.05, 3.63) is 71.5 Å². The lowest BCUT2D eigenvalue weighted by Gasteiger charge is -2.08. The maximum Gasteiger partial charge on any atom is 0.141 e. The number of fused-ring (bicyclic) bond motifs is 1. The number of para-hydroxylation sites is 1. The maximum absolute atomic E-state index is 12.4. The highest BCUT2D eigenvalue weighted by Gasteiger charge is 2.17. The molecule has 0 saturated heterocycles. The van der Waals surface area contributed by atoms with Crippen LogP contribution in [0, 0.1) is 0 Å². The lowest BCUT2D eigenvalue weighted by Crippen LogP contribution is -2.07. The first-order valence-electron chi connectivity index (χ1n) is 9.02. The number of methoxy groups -OCH3 is 1. The molecular formula is C22H22N2O2. The van der Waals surface area contributed by atoms with E-state index >= 15 is 0 Å². The summed E-state index contributed by atoms with van der Waals surface area (Å²) in [6, 6.07) is 16.0. The Morgan fingerprint density at radius 3 is 2.73 bits per heavy atom. The van der Waals surface area contributed by atoms with Crippen LogP contribution in [0.1, 0.15) is 23.2 Å². The number of hydrogen-bond donors (Lipinski definition) is 0. The van der Waals surface area contributed by atoms with Crippen molar-refractivity contribution in [1.82, 2.24) is 9.78 Å². The van der Waals surface area contributed by atoms with E-state index in [2.05, 4.69) is 34.0 Å². The largest absolute Gasteiger partial charge is 0.496 e. The quantitative estimate of drug-likeness (QED) is 0.681. The van der Waals surface area contributed by atoms with Gasteiger partial charge in [-0.1, -0.05) is 42.5 Å². The number of rotatable bonds is 6. The first kappa shape index (κ1) is 16.6. The molecule has 4 heteroatoms. The van der Waals surface area contributed by atoms with Crippen molar-refractivity contribution in [2.75, 3.05) is 7.11 Å². The maximum atomic E-state index is 12.4. The molecule has 0 amide bonds. The third kappa shape index (κ3) is 3.27. The Labute approximate surface area is 153 Å². The van der Waals surface area contributed by atoms with Crippen molar-refractivity contribution in [1.29, 1.82) is 0 Å². The molecule has 4 rings (SSSR count). The molecule has 2 aromatic carbocycles. The highest BCUT2D eigenvalue weighted by atomic mass is 16.5. The highest BCUT2D eigenvalue weighted by Crippen LogP contribution is 2.28. The average Bonchev–Trinajstić information content (AvgIpc) is 3.26. The van der Waals surface area contributed by atoms with Gasteiger partial charge in [-0.2, -0.15) is 5.10 Å². The van der Waals surface area contributed by atoms with E-state index in [1.165, 1.54) is 23.2 Å². The Morgan fingerprint density at radius 1 is 1.12 bits per heavy atom. The minimum Gasteiger partial charge on any atom is -0.496 e. The van der Waals surface area contributed by atoms with E-state index in [0.29, 0.717) is 12.8 Å². The van der Waals surface area contributed by atoms with Crippen LogP contribution in [0.2, 0.25) is 0 Å². The number of carbonyl (C=O) groups excluding carboxylic acids is 1. The summed E-state index contributed by atoms with van der Waals surface area (Å²) >= 11 is 0. The summed E-state index contributed by atoms with van der Waals surface area (Å²) in [5, 5.41) is 4.46. The lowest BCUT2D eigenvalue weighted by atomic mass is 9.99. The molecule has 0 unspecified atom stereocenters. The molecule has 0 bridgehead atoms. The fourth-order valence-corrected chi connectivity index (χ4v) is 3.66. The molecule has 1 aliphatic heterocycles. The van der Waals surface area contributed by atoms with Crippen molar-refractivity contribution in [2.45, 2.75) is 32.2 Å². The Hall–Kier alpha value is -2.88. The van der Waals surface area contributed by atoms with Crippen LogP contribution in [0.3, 0.4) is 0 Å². The number of nitrogens with zero attached hydrogens (tertiary/aromatic N) is 2. The van der Waals surface area contributed by atoms with Gasteiger partial charge in [0.15, 0.2) is 0 Å². The highest BCUT2D eigenvalue weighted by molar-refractivity contribution is 5.84. The van der Waals surface area contributed by atoms with E-state index in [1.807, 2.05) is 30.5 Å². The van der Waals surface area contributed by atoms with Gasteiger partial charge in [0.05, 0.1) is 13.3 Å². The molecule has 3 aromatic rings. The van der Waals surface area contributed by atoms with Gasteiger partial charge in [0.2, 0.25) is 0 Å². The second kappa shape index (κ2) is 7.16. The summed E-state index contributed by atoms with van der Waals surface area (Å²) < 4.78 is 7.43. The second-order valence-corrected chi connectivity index (χ2v) is 6.73. The SMILES string of the molecule is COc1ccccc1CC(=O)Cc1ccc(-c2cnn3c2CCC3)cc1. The van der Waals surface area contributed by atoms with Gasteiger partial charge in [-0.3, -0.25) is 9.48 Å². The lowest BCUT2D eigenvalue weighted by molar-refractivity contribution is -0.117. The van der Waals surface area contributed by atoms with E-state index in [9.17, 15) is 4.79 Å². The minimum atomic E-state index is 0.189. The number of Topliss-reactive ketones (excluding diaryl/α,β-unsaturated/α-hetero) is 1. The number of aryl methyl sites for hydroxylation is 1. The van der Waals surface area contributed by atoms with Crippen LogP contribution in [-0.2, 0) is 30.6 Å². The van der Waals surface area contributed by atoms with Gasteiger partial charge in [-0.05, 0) is 30.0 Å². The number of ketones is 1. The summed E-state index contributed by atoms with van der Waals surface area (Å²) in [4.78, 5) is 12.4. The van der Waals surface area contributed by atoms with Crippen LogP contribution in [0.5, 0.6) is 5.75 Å². The van der Waals surface area contributed by atoms with Crippen molar-refractivity contribution < 1.29 is 9.53 Å². The summed E-state index contributed by atoms with van der Waals surface area (Å²) in [7, 11) is 1.63. The number of benzene rings is 2. The first-order valence-corrected chi connectivity index (χ1v) is 9.02. The van der Waals surface area contributed by atoms with Crippen molar-refractivity contribution in [3.8, 4) is 16.9 Å². The van der Waals surface area contributed by atoms with E-state index in [4.69, 9.17) is 4.74 Å². The summed E-state index contributed by atoms with van der Waals surface area (Å²) in [6.07, 6.45) is 5.05. The Morgan fingerprint density at radius 2 is 1.92 bits per heavy atom. The van der Waals surface area contributed by atoms with Crippen LogP contribution < -0.4 is 4.74 Å². The molecule has 0 spiro atoms. The van der Waals surface area contributed by atoms with E-state index in [0.717, 1.165) is 29.8 Å². The third-order valence-corrected chi connectivity index (χ3v) is 4.98. The Balaban J connectivity index is 1.45. The van der Waals surface area contributed by atoms with Crippen LogP contribution >= 0.6 is 0 Å². The zero-order chi connectivity index (χ0) is 17.9. The number of carbonyl (C=O) groups is 1. The molecule has 26 heavy (non-hydrogen) atoms. The molecule has 0 N–H and O–H groups in total. The van der Waals surface area contributed by atoms with Crippen molar-refractivity contribution in [2.24, 2.45) is 0 Å². The molecule has 1 aromatic heterocycles. The van der Waals surface area contributed by atoms with Gasteiger partial charge in [-0.15, -0.1) is 0 Å². The van der Waals surface area contributed by atoms with Gasteiger partial charge in [0, 0.05) is 36.2 Å². The van der Waals surface area contributed by atoms with Gasteiger partial charge in [0.1, 0.15) is 11.5 Å². The molecule has 0 saturated carbocycles. The first-order chi connectivity index (χ1) is 12.7. The van der Waals surface area contributed by atoms with Gasteiger partial charge < -0.3 is 4.74 Å². The summed E-state index contributed by atoms with van der Waals surface area (Å²) in [6.45, 7) is 1.02. The van der Waals surface area contributed by atoms with Gasteiger partial charge in [-0.25, -0.2) is 0 Å². The standard InChI is InChI=1S/C22H22N2O2/c1-26-22-7-3-2-5-18(22)14-19(25)13-16-8-10-17(11-9-16)20-15-23-24-12-4-6-21(20)24/h2-3,5,7-11,15H,4,6,12-14H2,1H3. The fraction of sp³-hybridized carbons (Fsp3) is 0.273. The molecule has 0 radical (unpaired) electrons. The fourth-order valence-electron chi connectivity index (χ4n) is 3.66. The Kier molecular flexibility index (Phi) is 4.57. The number of ether oxygens (including phenoxy) is 1. The summed E-state index contributed by atoms with van der Waals surface area (Å²) in [5.74, 6) is 0.958. The molecule has 1 aliphatic rings. The van der Waals surface area contributed by atoms with E-state index in [-0.39, 0.29) is 5.78 Å². The molecule has 0 atom stereocenters. The third-order valence-electron chi connectivity index (χ3n) is 4.98. The second-order valence-electron chi connectivity index (χ2n) is 6.73. The Bertz CT molecular complexity index is 926. The normalized spacial score (nSPS) is 12.8. The minimum absolute atomic E-state index is 0.189. The number of aromatic nitrogens is 2. The van der Waals surface area contributed by atoms with Crippen molar-refractivity contribution in [3.63, 3.8) is 0 Å². The van der Waals surface area contributed by atoms with Gasteiger partial charge in [0.25, 0.3) is 0 Å².